The van der Waals surface area contributed by atoms with Crippen molar-refractivity contribution in [3.8, 4) is 5.75 Å². The molecule has 0 spiro atoms. The second kappa shape index (κ2) is 6.85. The van der Waals surface area contributed by atoms with Gasteiger partial charge in [-0.15, -0.1) is 0 Å². The lowest BCUT2D eigenvalue weighted by Crippen LogP contribution is -2.32. The fraction of sp³-hybridized carbons (Fsp3) is 0.348. The van der Waals surface area contributed by atoms with Crippen molar-refractivity contribution in [1.29, 1.82) is 0 Å². The molecule has 0 amide bonds. The highest BCUT2D eigenvalue weighted by Crippen LogP contribution is 2.41. The van der Waals surface area contributed by atoms with Crippen molar-refractivity contribution in [2.24, 2.45) is 0 Å². The van der Waals surface area contributed by atoms with E-state index >= 15 is 0 Å². The minimum atomic E-state index is -0.211. The SMILES string of the molecule is CCc1cccc(N2COc3c(Cl)cc4c5c(c(=O)oc4c3C2)CCCC5)c1. The molecule has 2 aromatic carbocycles. The van der Waals surface area contributed by atoms with E-state index in [2.05, 4.69) is 36.1 Å². The zero-order valence-corrected chi connectivity index (χ0v) is 16.6. The second-order valence-electron chi connectivity index (χ2n) is 7.59. The van der Waals surface area contributed by atoms with Crippen molar-refractivity contribution < 1.29 is 9.15 Å². The summed E-state index contributed by atoms with van der Waals surface area (Å²) < 4.78 is 11.8. The van der Waals surface area contributed by atoms with Crippen LogP contribution in [0.1, 0.15) is 42.0 Å². The Morgan fingerprint density at radius 3 is 2.75 bits per heavy atom. The summed E-state index contributed by atoms with van der Waals surface area (Å²) in [5.74, 6) is 0.635. The van der Waals surface area contributed by atoms with Gasteiger partial charge in [0.25, 0.3) is 0 Å². The van der Waals surface area contributed by atoms with Crippen LogP contribution in [0.5, 0.6) is 5.75 Å². The average Bonchev–Trinajstić information content (AvgIpc) is 2.75. The van der Waals surface area contributed by atoms with Gasteiger partial charge in [-0.05, 0) is 61.4 Å². The van der Waals surface area contributed by atoms with Crippen molar-refractivity contribution >= 4 is 28.3 Å². The van der Waals surface area contributed by atoms with Crippen LogP contribution in [0.4, 0.5) is 5.69 Å². The number of hydrogen-bond donors (Lipinski definition) is 0. The average molecular weight is 396 g/mol. The largest absolute Gasteiger partial charge is 0.471 e. The van der Waals surface area contributed by atoms with Crippen LogP contribution in [0.25, 0.3) is 11.0 Å². The van der Waals surface area contributed by atoms with Crippen LogP contribution >= 0.6 is 11.6 Å². The summed E-state index contributed by atoms with van der Waals surface area (Å²) in [6, 6.07) is 10.4. The maximum absolute atomic E-state index is 12.6. The Morgan fingerprint density at radius 1 is 1.11 bits per heavy atom. The fourth-order valence-corrected chi connectivity index (χ4v) is 4.69. The van der Waals surface area contributed by atoms with Crippen LogP contribution in [-0.4, -0.2) is 6.73 Å². The van der Waals surface area contributed by atoms with Gasteiger partial charge >= 0.3 is 5.63 Å². The lowest BCUT2D eigenvalue weighted by molar-refractivity contribution is 0.289. The normalized spacial score (nSPS) is 15.9. The van der Waals surface area contributed by atoms with Gasteiger partial charge in [-0.25, -0.2) is 4.79 Å². The zero-order chi connectivity index (χ0) is 19.3. The summed E-state index contributed by atoms with van der Waals surface area (Å²) in [7, 11) is 0. The monoisotopic (exact) mass is 395 g/mol. The first-order valence-electron chi connectivity index (χ1n) is 9.92. The topological polar surface area (TPSA) is 42.7 Å². The molecule has 0 unspecified atom stereocenters. The van der Waals surface area contributed by atoms with Crippen LogP contribution in [0.15, 0.2) is 39.5 Å². The second-order valence-corrected chi connectivity index (χ2v) is 8.00. The summed E-state index contributed by atoms with van der Waals surface area (Å²) in [5, 5.41) is 1.55. The number of fused-ring (bicyclic) bond motifs is 5. The zero-order valence-electron chi connectivity index (χ0n) is 15.9. The Morgan fingerprint density at radius 2 is 1.93 bits per heavy atom. The quantitative estimate of drug-likeness (QED) is 0.556. The fourth-order valence-electron chi connectivity index (χ4n) is 4.41. The standard InChI is InChI=1S/C23H22ClNO3/c1-2-14-6-5-7-15(10-14)25-12-19-21-18(11-20(24)22(19)27-13-25)16-8-3-4-9-17(16)23(26)28-21/h5-7,10-11H,2-4,8-9,12-13H2,1H3. The van der Waals surface area contributed by atoms with E-state index < -0.39 is 0 Å². The highest BCUT2D eigenvalue weighted by atomic mass is 35.5. The minimum absolute atomic E-state index is 0.211. The van der Waals surface area contributed by atoms with E-state index in [1.807, 2.05) is 6.07 Å². The molecule has 0 N–H and O–H groups in total. The predicted molar refractivity (Wildman–Crippen MR) is 112 cm³/mol. The van der Waals surface area contributed by atoms with Crippen LogP contribution in [0.3, 0.4) is 0 Å². The van der Waals surface area contributed by atoms with Gasteiger partial charge in [-0.2, -0.15) is 0 Å². The van der Waals surface area contributed by atoms with Crippen LogP contribution in [0.2, 0.25) is 5.02 Å². The Kier molecular flexibility index (Phi) is 4.31. The van der Waals surface area contributed by atoms with Crippen molar-refractivity contribution in [1.82, 2.24) is 0 Å². The number of anilines is 1. The van der Waals surface area contributed by atoms with Crippen LogP contribution < -0.4 is 15.3 Å². The minimum Gasteiger partial charge on any atom is -0.471 e. The Bertz CT molecular complexity index is 1130. The van der Waals surface area contributed by atoms with E-state index in [0.29, 0.717) is 29.6 Å². The molecule has 0 fully saturated rings. The molecule has 144 valence electrons. The summed E-state index contributed by atoms with van der Waals surface area (Å²) in [6.45, 7) is 3.16. The number of halogens is 1. The Labute approximate surface area is 168 Å². The van der Waals surface area contributed by atoms with E-state index in [4.69, 9.17) is 20.8 Å². The molecule has 5 rings (SSSR count). The lowest BCUT2D eigenvalue weighted by Gasteiger charge is -2.32. The highest BCUT2D eigenvalue weighted by Gasteiger charge is 2.27. The van der Waals surface area contributed by atoms with E-state index in [9.17, 15) is 4.79 Å². The number of nitrogens with zero attached hydrogens (tertiary/aromatic N) is 1. The maximum Gasteiger partial charge on any atom is 0.339 e. The smallest absolute Gasteiger partial charge is 0.339 e. The van der Waals surface area contributed by atoms with Gasteiger partial charge < -0.3 is 14.1 Å². The number of aryl methyl sites for hydroxylation is 2. The number of hydrogen-bond acceptors (Lipinski definition) is 4. The van der Waals surface area contributed by atoms with Crippen molar-refractivity contribution in [2.45, 2.75) is 45.6 Å². The van der Waals surface area contributed by atoms with Crippen molar-refractivity contribution in [3.63, 3.8) is 0 Å². The molecule has 0 saturated heterocycles. The van der Waals surface area contributed by atoms with Crippen LogP contribution in [0, 0.1) is 0 Å². The molecule has 0 radical (unpaired) electrons. The molecule has 3 aromatic rings. The van der Waals surface area contributed by atoms with E-state index in [1.54, 1.807) is 0 Å². The van der Waals surface area contributed by atoms with E-state index in [0.717, 1.165) is 59.9 Å². The van der Waals surface area contributed by atoms with Gasteiger partial charge in [0.15, 0.2) is 6.73 Å². The molecule has 1 aromatic heterocycles. The first-order valence-corrected chi connectivity index (χ1v) is 10.3. The first-order chi connectivity index (χ1) is 13.7. The summed E-state index contributed by atoms with van der Waals surface area (Å²) in [4.78, 5) is 14.8. The molecular formula is C23H22ClNO3. The molecule has 0 atom stereocenters. The molecule has 2 aliphatic rings. The number of benzene rings is 2. The first kappa shape index (κ1) is 17.6. The molecule has 0 bridgehead atoms. The third kappa shape index (κ3) is 2.78. The summed E-state index contributed by atoms with van der Waals surface area (Å²) in [5.41, 5.74) is 5.57. The third-order valence-electron chi connectivity index (χ3n) is 5.91. The van der Waals surface area contributed by atoms with Gasteiger partial charge in [0.05, 0.1) is 17.1 Å². The van der Waals surface area contributed by atoms with Crippen LogP contribution in [-0.2, 0) is 25.8 Å². The number of rotatable bonds is 2. The predicted octanol–water partition coefficient (Wildman–Crippen LogP) is 5.24. The number of ether oxygens (including phenoxy) is 1. The Balaban J connectivity index is 1.66. The maximum atomic E-state index is 12.6. The van der Waals surface area contributed by atoms with Gasteiger partial charge in [-0.1, -0.05) is 30.7 Å². The van der Waals surface area contributed by atoms with E-state index in [1.165, 1.54) is 5.56 Å². The molecule has 4 nitrogen and oxygen atoms in total. The summed E-state index contributed by atoms with van der Waals surface area (Å²) in [6.07, 6.45) is 4.79. The van der Waals surface area contributed by atoms with E-state index in [-0.39, 0.29) is 5.63 Å². The lowest BCUT2D eigenvalue weighted by atomic mass is 9.90. The molecule has 5 heteroatoms. The van der Waals surface area contributed by atoms with Gasteiger partial charge in [0.2, 0.25) is 0 Å². The van der Waals surface area contributed by atoms with Crippen molar-refractivity contribution in [3.05, 3.63) is 68.0 Å². The summed E-state index contributed by atoms with van der Waals surface area (Å²) >= 11 is 6.58. The molecule has 1 aliphatic carbocycles. The molecule has 0 saturated carbocycles. The molecule has 28 heavy (non-hydrogen) atoms. The van der Waals surface area contributed by atoms with Gasteiger partial charge in [0, 0.05) is 16.6 Å². The molecule has 2 heterocycles. The van der Waals surface area contributed by atoms with Gasteiger partial charge in [-0.3, -0.25) is 0 Å². The van der Waals surface area contributed by atoms with Crippen molar-refractivity contribution in [2.75, 3.05) is 11.6 Å². The van der Waals surface area contributed by atoms with Gasteiger partial charge in [0.1, 0.15) is 11.3 Å². The molecular weight excluding hydrogens is 374 g/mol. The Hall–Kier alpha value is -2.46. The third-order valence-corrected chi connectivity index (χ3v) is 6.19. The highest BCUT2D eigenvalue weighted by molar-refractivity contribution is 6.33. The molecule has 1 aliphatic heterocycles.